The summed E-state index contributed by atoms with van der Waals surface area (Å²) in [6.45, 7) is 6.35. The lowest BCUT2D eigenvalue weighted by molar-refractivity contribution is -0.116. The minimum absolute atomic E-state index is 0.0168. The number of hydrogen-bond acceptors (Lipinski definition) is 7. The van der Waals surface area contributed by atoms with Crippen molar-refractivity contribution in [2.45, 2.75) is 34.1 Å². The van der Waals surface area contributed by atoms with Gasteiger partial charge in [0.05, 0.1) is 19.6 Å². The molecule has 0 saturated heterocycles. The van der Waals surface area contributed by atoms with Crippen molar-refractivity contribution in [1.29, 1.82) is 0 Å². The summed E-state index contributed by atoms with van der Waals surface area (Å²) in [6.07, 6.45) is -0.0168. The molecule has 0 saturated carbocycles. The molecule has 9 nitrogen and oxygen atoms in total. The van der Waals surface area contributed by atoms with Crippen molar-refractivity contribution >= 4 is 35.3 Å². The van der Waals surface area contributed by atoms with E-state index in [0.29, 0.717) is 11.3 Å². The lowest BCUT2D eigenvalue weighted by Crippen LogP contribution is -2.18. The Bertz CT molecular complexity index is 945. The minimum atomic E-state index is -0.799. The van der Waals surface area contributed by atoms with Gasteiger partial charge >= 0.3 is 11.9 Å². The number of carbonyl (C=O) groups excluding carboxylic acids is 4. The standard InChI is InChI=1S/C21H24N2O7/c1-5-28-20(26)17-12(3)30-19(18(17)21(27)29-6-2)23-16(25)11-14-7-9-15(10-8-14)22-13(4)24/h7-10H,5-6,11H2,1-4H3,(H,22,24)(H,23,25). The summed E-state index contributed by atoms with van der Waals surface area (Å²) in [5.74, 6) is -2.24. The van der Waals surface area contributed by atoms with Crippen molar-refractivity contribution in [2.75, 3.05) is 23.8 Å². The van der Waals surface area contributed by atoms with Gasteiger partial charge < -0.3 is 19.2 Å². The van der Waals surface area contributed by atoms with Crippen molar-refractivity contribution < 1.29 is 33.1 Å². The number of aryl methyl sites for hydroxylation is 1. The van der Waals surface area contributed by atoms with Crippen molar-refractivity contribution in [3.8, 4) is 0 Å². The Kier molecular flexibility index (Phi) is 7.74. The molecule has 2 rings (SSSR count). The first-order chi connectivity index (χ1) is 14.3. The maximum Gasteiger partial charge on any atom is 0.344 e. The first-order valence-corrected chi connectivity index (χ1v) is 9.40. The van der Waals surface area contributed by atoms with Crippen LogP contribution in [0.3, 0.4) is 0 Å². The smallest absolute Gasteiger partial charge is 0.344 e. The van der Waals surface area contributed by atoms with Crippen LogP contribution in [0.1, 0.15) is 52.8 Å². The summed E-state index contributed by atoms with van der Waals surface area (Å²) in [7, 11) is 0. The molecule has 30 heavy (non-hydrogen) atoms. The Morgan fingerprint density at radius 2 is 1.47 bits per heavy atom. The second-order valence-electron chi connectivity index (χ2n) is 6.28. The van der Waals surface area contributed by atoms with Gasteiger partial charge in [0.25, 0.3) is 0 Å². The Morgan fingerprint density at radius 3 is 2.00 bits per heavy atom. The zero-order valence-electron chi connectivity index (χ0n) is 17.3. The van der Waals surface area contributed by atoms with Crippen molar-refractivity contribution in [3.05, 3.63) is 46.7 Å². The average Bonchev–Trinajstić information content (AvgIpc) is 2.99. The van der Waals surface area contributed by atoms with Gasteiger partial charge in [-0.3, -0.25) is 14.9 Å². The third-order valence-electron chi connectivity index (χ3n) is 3.94. The number of benzene rings is 1. The molecule has 0 aliphatic rings. The van der Waals surface area contributed by atoms with Gasteiger partial charge in [-0.1, -0.05) is 12.1 Å². The zero-order valence-corrected chi connectivity index (χ0v) is 17.3. The zero-order chi connectivity index (χ0) is 22.3. The van der Waals surface area contributed by atoms with E-state index in [1.54, 1.807) is 38.1 Å². The van der Waals surface area contributed by atoms with Crippen LogP contribution in [0.4, 0.5) is 11.6 Å². The van der Waals surface area contributed by atoms with E-state index >= 15 is 0 Å². The van der Waals surface area contributed by atoms with Crippen LogP contribution in [0.15, 0.2) is 28.7 Å². The number of amides is 2. The molecule has 9 heteroatoms. The quantitative estimate of drug-likeness (QED) is 0.634. The number of ether oxygens (including phenoxy) is 2. The molecule has 160 valence electrons. The molecule has 1 aromatic carbocycles. The number of rotatable bonds is 8. The number of anilines is 2. The molecule has 0 aliphatic carbocycles. The van der Waals surface area contributed by atoms with E-state index < -0.39 is 17.8 Å². The second-order valence-corrected chi connectivity index (χ2v) is 6.28. The topological polar surface area (TPSA) is 124 Å². The number of carbonyl (C=O) groups is 4. The van der Waals surface area contributed by atoms with Gasteiger partial charge in [-0.05, 0) is 38.5 Å². The number of hydrogen-bond donors (Lipinski definition) is 2. The van der Waals surface area contributed by atoms with Crippen LogP contribution >= 0.6 is 0 Å². The third kappa shape index (κ3) is 5.69. The highest BCUT2D eigenvalue weighted by Gasteiger charge is 2.31. The fraction of sp³-hybridized carbons (Fsp3) is 0.333. The molecule has 0 aliphatic heterocycles. The Balaban J connectivity index is 2.23. The molecule has 2 amide bonds. The number of esters is 2. The SMILES string of the molecule is CCOC(=O)c1c(C)oc(NC(=O)Cc2ccc(NC(C)=O)cc2)c1C(=O)OCC. The Hall–Kier alpha value is -3.62. The largest absolute Gasteiger partial charge is 0.462 e. The van der Waals surface area contributed by atoms with E-state index in [1.807, 2.05) is 0 Å². The Morgan fingerprint density at radius 1 is 0.900 bits per heavy atom. The fourth-order valence-electron chi connectivity index (χ4n) is 2.75. The Labute approximate surface area is 173 Å². The molecule has 0 spiro atoms. The van der Waals surface area contributed by atoms with E-state index in [-0.39, 0.29) is 48.3 Å². The van der Waals surface area contributed by atoms with Gasteiger partial charge in [-0.2, -0.15) is 0 Å². The molecule has 2 N–H and O–H groups in total. The molecule has 1 aromatic heterocycles. The van der Waals surface area contributed by atoms with E-state index in [9.17, 15) is 19.2 Å². The monoisotopic (exact) mass is 416 g/mol. The normalized spacial score (nSPS) is 10.3. The maximum atomic E-state index is 12.5. The van der Waals surface area contributed by atoms with Crippen LogP contribution in [-0.2, 0) is 25.5 Å². The third-order valence-corrected chi connectivity index (χ3v) is 3.94. The van der Waals surface area contributed by atoms with Gasteiger partial charge in [-0.15, -0.1) is 0 Å². The average molecular weight is 416 g/mol. The predicted octanol–water partition coefficient (Wildman–Crippen LogP) is 3.08. The lowest BCUT2D eigenvalue weighted by Gasteiger charge is -2.07. The van der Waals surface area contributed by atoms with Crippen LogP contribution in [0.25, 0.3) is 0 Å². The van der Waals surface area contributed by atoms with Gasteiger partial charge in [-0.25, -0.2) is 9.59 Å². The van der Waals surface area contributed by atoms with E-state index in [0.717, 1.165) is 0 Å². The summed E-state index contributed by atoms with van der Waals surface area (Å²) in [4.78, 5) is 48.2. The van der Waals surface area contributed by atoms with Crippen LogP contribution in [0.5, 0.6) is 0 Å². The van der Waals surface area contributed by atoms with E-state index in [4.69, 9.17) is 13.9 Å². The highest BCUT2D eigenvalue weighted by molar-refractivity contribution is 6.09. The highest BCUT2D eigenvalue weighted by Crippen LogP contribution is 2.29. The molecule has 1 heterocycles. The molecular formula is C21H24N2O7. The first kappa shape index (κ1) is 22.7. The summed E-state index contributed by atoms with van der Waals surface area (Å²) < 4.78 is 15.5. The van der Waals surface area contributed by atoms with E-state index in [1.165, 1.54) is 13.8 Å². The molecule has 0 bridgehead atoms. The minimum Gasteiger partial charge on any atom is -0.462 e. The first-order valence-electron chi connectivity index (χ1n) is 9.40. The van der Waals surface area contributed by atoms with Gasteiger partial charge in [0.2, 0.25) is 17.7 Å². The summed E-state index contributed by atoms with van der Waals surface area (Å²) in [5, 5.41) is 5.16. The summed E-state index contributed by atoms with van der Waals surface area (Å²) in [5.41, 5.74) is 1.03. The lowest BCUT2D eigenvalue weighted by atomic mass is 10.1. The molecule has 0 fully saturated rings. The summed E-state index contributed by atoms with van der Waals surface area (Å²) in [6, 6.07) is 6.72. The maximum absolute atomic E-state index is 12.5. The highest BCUT2D eigenvalue weighted by atomic mass is 16.5. The van der Waals surface area contributed by atoms with Gasteiger partial charge in [0.1, 0.15) is 16.9 Å². The van der Waals surface area contributed by atoms with Crippen molar-refractivity contribution in [2.24, 2.45) is 0 Å². The van der Waals surface area contributed by atoms with Crippen molar-refractivity contribution in [3.63, 3.8) is 0 Å². The fourth-order valence-corrected chi connectivity index (χ4v) is 2.75. The number of furan rings is 1. The van der Waals surface area contributed by atoms with Crippen LogP contribution < -0.4 is 10.6 Å². The predicted molar refractivity (Wildman–Crippen MR) is 108 cm³/mol. The van der Waals surface area contributed by atoms with Crippen LogP contribution in [-0.4, -0.2) is 37.0 Å². The van der Waals surface area contributed by atoms with Crippen LogP contribution in [0, 0.1) is 6.92 Å². The molecule has 2 aromatic rings. The number of nitrogens with one attached hydrogen (secondary N) is 2. The summed E-state index contributed by atoms with van der Waals surface area (Å²) >= 11 is 0. The van der Waals surface area contributed by atoms with Gasteiger partial charge in [0.15, 0.2) is 0 Å². The van der Waals surface area contributed by atoms with E-state index in [2.05, 4.69) is 10.6 Å². The molecule has 0 radical (unpaired) electrons. The second kappa shape index (κ2) is 10.2. The molecule has 0 unspecified atom stereocenters. The molecular weight excluding hydrogens is 392 g/mol. The molecule has 0 atom stereocenters. The van der Waals surface area contributed by atoms with Gasteiger partial charge in [0, 0.05) is 12.6 Å². The van der Waals surface area contributed by atoms with Crippen LogP contribution in [0.2, 0.25) is 0 Å². The van der Waals surface area contributed by atoms with Crippen molar-refractivity contribution in [1.82, 2.24) is 0 Å².